The maximum atomic E-state index is 12.2. The Bertz CT molecular complexity index is 225. The topological polar surface area (TPSA) is 9.23 Å². The number of halogens is 3. The molecule has 0 saturated heterocycles. The lowest BCUT2D eigenvalue weighted by Crippen LogP contribution is -2.40. The zero-order valence-corrected chi connectivity index (χ0v) is 5.43. The molecule has 0 unspecified atom stereocenters. The van der Waals surface area contributed by atoms with E-state index in [1.165, 1.54) is 12.2 Å². The van der Waals surface area contributed by atoms with E-state index >= 15 is 0 Å². The van der Waals surface area contributed by atoms with Gasteiger partial charge in [0.1, 0.15) is 0 Å². The first-order chi connectivity index (χ1) is 5.04. The Labute approximate surface area is 61.1 Å². The standard InChI is InChI=1S/C7H5F3O/c8-7(9,10)6-3-1-5(11-6)2-4-6/h1-5H. The van der Waals surface area contributed by atoms with Gasteiger partial charge in [-0.15, -0.1) is 0 Å². The third-order valence-electron chi connectivity index (χ3n) is 1.84. The maximum Gasteiger partial charge on any atom is 0.424 e. The van der Waals surface area contributed by atoms with Crippen molar-refractivity contribution in [2.24, 2.45) is 0 Å². The van der Waals surface area contributed by atoms with Gasteiger partial charge in [-0.25, -0.2) is 0 Å². The third kappa shape index (κ3) is 0.758. The number of fused-ring (bicyclic) bond motifs is 2. The number of alkyl halides is 3. The first-order valence-electron chi connectivity index (χ1n) is 3.17. The first-order valence-corrected chi connectivity index (χ1v) is 3.17. The van der Waals surface area contributed by atoms with Gasteiger partial charge in [0.15, 0.2) is 0 Å². The lowest BCUT2D eigenvalue weighted by molar-refractivity contribution is -0.229. The van der Waals surface area contributed by atoms with E-state index in [4.69, 9.17) is 0 Å². The van der Waals surface area contributed by atoms with Crippen molar-refractivity contribution >= 4 is 0 Å². The smallest absolute Gasteiger partial charge is 0.346 e. The second kappa shape index (κ2) is 1.69. The molecule has 0 fully saturated rings. The minimum atomic E-state index is -4.33. The maximum absolute atomic E-state index is 12.2. The molecule has 2 heterocycles. The van der Waals surface area contributed by atoms with Gasteiger partial charge in [-0.3, -0.25) is 0 Å². The lowest BCUT2D eigenvalue weighted by Gasteiger charge is -2.23. The molecule has 1 nitrogen and oxygen atoms in total. The molecule has 0 radical (unpaired) electrons. The Morgan fingerprint density at radius 1 is 1.18 bits per heavy atom. The summed E-state index contributed by atoms with van der Waals surface area (Å²) in [5.74, 6) is 0. The van der Waals surface area contributed by atoms with Crippen LogP contribution >= 0.6 is 0 Å². The molecule has 0 aromatic rings. The largest absolute Gasteiger partial charge is 0.424 e. The van der Waals surface area contributed by atoms with E-state index in [2.05, 4.69) is 4.74 Å². The summed E-state index contributed by atoms with van der Waals surface area (Å²) in [6.07, 6.45) is 0.123. The summed E-state index contributed by atoms with van der Waals surface area (Å²) in [5, 5.41) is 0. The van der Waals surface area contributed by atoms with Crippen molar-refractivity contribution < 1.29 is 17.9 Å². The molecule has 0 N–H and O–H groups in total. The van der Waals surface area contributed by atoms with E-state index in [0.29, 0.717) is 0 Å². The molecule has 2 aliphatic rings. The van der Waals surface area contributed by atoms with Gasteiger partial charge in [0.05, 0.1) is 6.10 Å². The van der Waals surface area contributed by atoms with E-state index in [-0.39, 0.29) is 0 Å². The molecule has 0 atom stereocenters. The van der Waals surface area contributed by atoms with Crippen LogP contribution in [0.2, 0.25) is 0 Å². The van der Waals surface area contributed by atoms with Crippen LogP contribution in [0.3, 0.4) is 0 Å². The number of ether oxygens (including phenoxy) is 1. The highest BCUT2D eigenvalue weighted by atomic mass is 19.4. The minimum absolute atomic E-state index is 0.475. The molecule has 11 heavy (non-hydrogen) atoms. The zero-order valence-electron chi connectivity index (χ0n) is 5.43. The molecular formula is C7H5F3O. The van der Waals surface area contributed by atoms with Crippen LogP contribution in [0, 0.1) is 0 Å². The molecule has 0 aromatic carbocycles. The predicted octanol–water partition coefficient (Wildman–Crippen LogP) is 1.81. The molecule has 4 heteroatoms. The van der Waals surface area contributed by atoms with E-state index < -0.39 is 17.9 Å². The summed E-state index contributed by atoms with van der Waals surface area (Å²) in [4.78, 5) is 0. The van der Waals surface area contributed by atoms with Crippen molar-refractivity contribution in [2.45, 2.75) is 17.9 Å². The number of hydrogen-bond donors (Lipinski definition) is 0. The van der Waals surface area contributed by atoms with E-state index in [9.17, 15) is 13.2 Å². The molecule has 0 saturated carbocycles. The molecule has 60 valence electrons. The highest BCUT2D eigenvalue weighted by molar-refractivity contribution is 5.33. The minimum Gasteiger partial charge on any atom is -0.346 e. The highest BCUT2D eigenvalue weighted by Crippen LogP contribution is 2.44. The van der Waals surface area contributed by atoms with Crippen molar-refractivity contribution in [1.82, 2.24) is 0 Å². The molecule has 0 spiro atoms. The van der Waals surface area contributed by atoms with Crippen LogP contribution in [0.5, 0.6) is 0 Å². The van der Waals surface area contributed by atoms with Gasteiger partial charge in [-0.05, 0) is 12.2 Å². The van der Waals surface area contributed by atoms with Gasteiger partial charge in [0, 0.05) is 0 Å². The quantitative estimate of drug-likeness (QED) is 0.493. The lowest BCUT2D eigenvalue weighted by atomic mass is 10.0. The molecule has 2 rings (SSSR count). The average Bonchev–Trinajstić information content (AvgIpc) is 2.42. The van der Waals surface area contributed by atoms with Gasteiger partial charge in [-0.2, -0.15) is 13.2 Å². The fraction of sp³-hybridized carbons (Fsp3) is 0.429. The van der Waals surface area contributed by atoms with Crippen molar-refractivity contribution in [1.29, 1.82) is 0 Å². The van der Waals surface area contributed by atoms with E-state index in [0.717, 1.165) is 12.2 Å². The Morgan fingerprint density at radius 3 is 1.91 bits per heavy atom. The summed E-state index contributed by atoms with van der Waals surface area (Å²) in [6, 6.07) is 0. The molecule has 2 bridgehead atoms. The summed E-state index contributed by atoms with van der Waals surface area (Å²) < 4.78 is 41.3. The normalized spacial score (nSPS) is 40.5. The van der Waals surface area contributed by atoms with E-state index in [1.807, 2.05) is 0 Å². The molecule has 0 aliphatic carbocycles. The van der Waals surface area contributed by atoms with Crippen LogP contribution in [-0.4, -0.2) is 17.9 Å². The van der Waals surface area contributed by atoms with E-state index in [1.54, 1.807) is 0 Å². The Kier molecular flexibility index (Phi) is 1.06. The molecule has 0 aromatic heterocycles. The van der Waals surface area contributed by atoms with Gasteiger partial charge >= 0.3 is 6.18 Å². The van der Waals surface area contributed by atoms with Gasteiger partial charge in [-0.1, -0.05) is 12.2 Å². The first kappa shape index (κ1) is 6.91. The fourth-order valence-electron chi connectivity index (χ4n) is 1.23. The van der Waals surface area contributed by atoms with Crippen molar-refractivity contribution in [2.75, 3.05) is 0 Å². The second-order valence-electron chi connectivity index (χ2n) is 2.59. The summed E-state index contributed by atoms with van der Waals surface area (Å²) in [6.45, 7) is 0. The molecular weight excluding hydrogens is 157 g/mol. The summed E-state index contributed by atoms with van der Waals surface area (Å²) >= 11 is 0. The van der Waals surface area contributed by atoms with Gasteiger partial charge in [0.25, 0.3) is 0 Å². The van der Waals surface area contributed by atoms with Crippen molar-refractivity contribution in [3.8, 4) is 0 Å². The summed E-state index contributed by atoms with van der Waals surface area (Å²) in [7, 11) is 0. The van der Waals surface area contributed by atoms with Crippen LogP contribution in [0.4, 0.5) is 13.2 Å². The second-order valence-corrected chi connectivity index (χ2v) is 2.59. The van der Waals surface area contributed by atoms with Crippen LogP contribution in [0.15, 0.2) is 24.3 Å². The number of rotatable bonds is 0. The third-order valence-corrected chi connectivity index (χ3v) is 1.84. The highest BCUT2D eigenvalue weighted by Gasteiger charge is 2.57. The van der Waals surface area contributed by atoms with Crippen LogP contribution in [0.25, 0.3) is 0 Å². The monoisotopic (exact) mass is 162 g/mol. The van der Waals surface area contributed by atoms with Crippen LogP contribution < -0.4 is 0 Å². The average molecular weight is 162 g/mol. The fourth-order valence-corrected chi connectivity index (χ4v) is 1.23. The predicted molar refractivity (Wildman–Crippen MR) is 31.9 cm³/mol. The van der Waals surface area contributed by atoms with Crippen LogP contribution in [-0.2, 0) is 4.74 Å². The Morgan fingerprint density at radius 2 is 1.73 bits per heavy atom. The molecule has 2 aliphatic heterocycles. The van der Waals surface area contributed by atoms with Crippen molar-refractivity contribution in [3.63, 3.8) is 0 Å². The SMILES string of the molecule is FC(F)(F)C12C=CC(C=C1)O2. The molecule has 0 amide bonds. The Balaban J connectivity index is 2.38. The van der Waals surface area contributed by atoms with Gasteiger partial charge < -0.3 is 4.74 Å². The van der Waals surface area contributed by atoms with Crippen LogP contribution in [0.1, 0.15) is 0 Å². The van der Waals surface area contributed by atoms with Gasteiger partial charge in [0.2, 0.25) is 5.60 Å². The summed E-state index contributed by atoms with van der Waals surface area (Å²) in [5.41, 5.74) is -2.11. The zero-order chi connectivity index (χ0) is 8.11. The number of hydrogen-bond acceptors (Lipinski definition) is 1. The Hall–Kier alpha value is -0.770. The van der Waals surface area contributed by atoms with Crippen molar-refractivity contribution in [3.05, 3.63) is 24.3 Å².